The fraction of sp³-hybridized carbons (Fsp3) is 0.417. The minimum absolute atomic E-state index is 0.0804. The smallest absolute Gasteiger partial charge is 0.306 e. The maximum Gasteiger partial charge on any atom is 0.306 e. The van der Waals surface area contributed by atoms with Gasteiger partial charge in [-0.3, -0.25) is 4.79 Å². The van der Waals surface area contributed by atoms with E-state index in [1.165, 1.54) is 19.2 Å². The number of rotatable bonds is 2. The number of esters is 1. The number of benzene rings is 1. The van der Waals surface area contributed by atoms with Crippen molar-refractivity contribution in [1.82, 2.24) is 5.32 Å². The van der Waals surface area contributed by atoms with Gasteiger partial charge >= 0.3 is 5.97 Å². The van der Waals surface area contributed by atoms with Crippen molar-refractivity contribution in [3.63, 3.8) is 0 Å². The summed E-state index contributed by atoms with van der Waals surface area (Å²) in [6, 6.07) is 4.72. The maximum atomic E-state index is 13.0. The van der Waals surface area contributed by atoms with Crippen molar-refractivity contribution in [2.24, 2.45) is 0 Å². The minimum atomic E-state index is -0.237. The van der Waals surface area contributed by atoms with Crippen LogP contribution in [-0.4, -0.2) is 19.6 Å². The van der Waals surface area contributed by atoms with Gasteiger partial charge in [-0.1, -0.05) is 6.07 Å². The summed E-state index contributed by atoms with van der Waals surface area (Å²) < 4.78 is 17.7. The van der Waals surface area contributed by atoms with Gasteiger partial charge < -0.3 is 10.1 Å². The predicted molar refractivity (Wildman–Crippen MR) is 57.5 cm³/mol. The summed E-state index contributed by atoms with van der Waals surface area (Å²) in [5.41, 5.74) is 1.98. The first-order chi connectivity index (χ1) is 7.70. The first-order valence-electron chi connectivity index (χ1n) is 5.26. The zero-order valence-corrected chi connectivity index (χ0v) is 9.13. The second-order valence-electron chi connectivity index (χ2n) is 3.95. The van der Waals surface area contributed by atoms with Gasteiger partial charge in [0.15, 0.2) is 0 Å². The molecule has 1 heterocycles. The van der Waals surface area contributed by atoms with Crippen LogP contribution >= 0.6 is 0 Å². The molecule has 1 aliphatic heterocycles. The SMILES string of the molecule is COC(=O)CC1CNCc2cc(F)ccc21. The lowest BCUT2D eigenvalue weighted by Crippen LogP contribution is -2.29. The Balaban J connectivity index is 2.23. The van der Waals surface area contributed by atoms with Crippen LogP contribution in [0, 0.1) is 5.82 Å². The van der Waals surface area contributed by atoms with Crippen molar-refractivity contribution in [3.8, 4) is 0 Å². The van der Waals surface area contributed by atoms with Crippen LogP contribution in [0.2, 0.25) is 0 Å². The highest BCUT2D eigenvalue weighted by Crippen LogP contribution is 2.27. The number of fused-ring (bicyclic) bond motifs is 1. The monoisotopic (exact) mass is 223 g/mol. The van der Waals surface area contributed by atoms with E-state index in [0.717, 1.165) is 17.7 Å². The van der Waals surface area contributed by atoms with Gasteiger partial charge in [0.2, 0.25) is 0 Å². The molecule has 2 rings (SSSR count). The molecule has 0 aliphatic carbocycles. The fourth-order valence-corrected chi connectivity index (χ4v) is 2.08. The van der Waals surface area contributed by atoms with Gasteiger partial charge in [0.1, 0.15) is 5.82 Å². The van der Waals surface area contributed by atoms with E-state index in [4.69, 9.17) is 0 Å². The topological polar surface area (TPSA) is 38.3 Å². The molecule has 1 unspecified atom stereocenters. The van der Waals surface area contributed by atoms with Crippen LogP contribution in [-0.2, 0) is 16.1 Å². The van der Waals surface area contributed by atoms with Gasteiger partial charge in [-0.2, -0.15) is 0 Å². The first-order valence-corrected chi connectivity index (χ1v) is 5.26. The van der Waals surface area contributed by atoms with E-state index in [0.29, 0.717) is 13.0 Å². The van der Waals surface area contributed by atoms with E-state index < -0.39 is 0 Å². The average molecular weight is 223 g/mol. The summed E-state index contributed by atoms with van der Waals surface area (Å²) in [4.78, 5) is 11.2. The van der Waals surface area contributed by atoms with E-state index in [-0.39, 0.29) is 17.7 Å². The summed E-state index contributed by atoms with van der Waals surface area (Å²) >= 11 is 0. The minimum Gasteiger partial charge on any atom is -0.469 e. The molecule has 16 heavy (non-hydrogen) atoms. The first kappa shape index (κ1) is 11.1. The normalized spacial score (nSPS) is 19.0. The van der Waals surface area contributed by atoms with Crippen molar-refractivity contribution in [1.29, 1.82) is 0 Å². The summed E-state index contributed by atoms with van der Waals surface area (Å²) in [5, 5.41) is 3.17. The Labute approximate surface area is 93.6 Å². The molecule has 86 valence electrons. The quantitative estimate of drug-likeness (QED) is 0.773. The molecule has 0 amide bonds. The van der Waals surface area contributed by atoms with Crippen molar-refractivity contribution >= 4 is 5.97 Å². The van der Waals surface area contributed by atoms with Crippen LogP contribution in [0.5, 0.6) is 0 Å². The molecule has 0 saturated heterocycles. The van der Waals surface area contributed by atoms with E-state index in [9.17, 15) is 9.18 Å². The number of methoxy groups -OCH3 is 1. The standard InChI is InChI=1S/C12H14FNO2/c1-16-12(15)5-9-7-14-6-8-4-10(13)2-3-11(8)9/h2-4,9,14H,5-7H2,1H3. The Morgan fingerprint density at radius 2 is 2.44 bits per heavy atom. The highest BCUT2D eigenvalue weighted by molar-refractivity contribution is 5.70. The average Bonchev–Trinajstić information content (AvgIpc) is 2.28. The van der Waals surface area contributed by atoms with Gasteiger partial charge in [0.05, 0.1) is 13.5 Å². The summed E-state index contributed by atoms with van der Waals surface area (Å²) in [5.74, 6) is -0.389. The lowest BCUT2D eigenvalue weighted by molar-refractivity contribution is -0.141. The molecule has 1 aliphatic rings. The molecular formula is C12H14FNO2. The number of nitrogens with one attached hydrogen (secondary N) is 1. The number of carbonyl (C=O) groups is 1. The van der Waals surface area contributed by atoms with Crippen molar-refractivity contribution in [2.75, 3.05) is 13.7 Å². The van der Waals surface area contributed by atoms with E-state index in [1.807, 2.05) is 0 Å². The molecule has 0 fully saturated rings. The van der Waals surface area contributed by atoms with Gasteiger partial charge in [0.25, 0.3) is 0 Å². The van der Waals surface area contributed by atoms with Gasteiger partial charge in [-0.15, -0.1) is 0 Å². The molecule has 0 spiro atoms. The van der Waals surface area contributed by atoms with Crippen LogP contribution in [0.25, 0.3) is 0 Å². The van der Waals surface area contributed by atoms with Gasteiger partial charge in [0, 0.05) is 19.0 Å². The Morgan fingerprint density at radius 3 is 3.19 bits per heavy atom. The van der Waals surface area contributed by atoms with Crippen LogP contribution in [0.4, 0.5) is 4.39 Å². The molecule has 4 heteroatoms. The lowest BCUT2D eigenvalue weighted by Gasteiger charge is -2.25. The number of hydrogen-bond donors (Lipinski definition) is 1. The molecule has 0 bridgehead atoms. The van der Waals surface area contributed by atoms with Crippen LogP contribution in [0.3, 0.4) is 0 Å². The molecule has 0 aromatic heterocycles. The second kappa shape index (κ2) is 4.61. The predicted octanol–water partition coefficient (Wildman–Crippen LogP) is 1.58. The van der Waals surface area contributed by atoms with Crippen LogP contribution in [0.1, 0.15) is 23.5 Å². The molecule has 1 N–H and O–H groups in total. The maximum absolute atomic E-state index is 13.0. The van der Waals surface area contributed by atoms with Crippen molar-refractivity contribution in [3.05, 3.63) is 35.1 Å². The zero-order valence-electron chi connectivity index (χ0n) is 9.13. The number of hydrogen-bond acceptors (Lipinski definition) is 3. The van der Waals surface area contributed by atoms with E-state index in [2.05, 4.69) is 10.1 Å². The summed E-state index contributed by atoms with van der Waals surface area (Å²) in [7, 11) is 1.38. The van der Waals surface area contributed by atoms with Crippen molar-refractivity contribution < 1.29 is 13.9 Å². The molecular weight excluding hydrogens is 209 g/mol. The summed E-state index contributed by atoms with van der Waals surface area (Å²) in [6.07, 6.45) is 0.335. The third-order valence-electron chi connectivity index (χ3n) is 2.89. The molecule has 0 radical (unpaired) electrons. The zero-order chi connectivity index (χ0) is 11.5. The molecule has 1 atom stereocenters. The van der Waals surface area contributed by atoms with Crippen molar-refractivity contribution in [2.45, 2.75) is 18.9 Å². The highest BCUT2D eigenvalue weighted by Gasteiger charge is 2.22. The Kier molecular flexibility index (Phi) is 3.19. The largest absolute Gasteiger partial charge is 0.469 e. The third kappa shape index (κ3) is 2.22. The Hall–Kier alpha value is -1.42. The Morgan fingerprint density at radius 1 is 1.62 bits per heavy atom. The van der Waals surface area contributed by atoms with E-state index >= 15 is 0 Å². The third-order valence-corrected chi connectivity index (χ3v) is 2.89. The van der Waals surface area contributed by atoms with Gasteiger partial charge in [-0.25, -0.2) is 4.39 Å². The molecule has 1 aromatic carbocycles. The molecule has 3 nitrogen and oxygen atoms in total. The number of halogens is 1. The van der Waals surface area contributed by atoms with Crippen LogP contribution in [0.15, 0.2) is 18.2 Å². The molecule has 0 saturated carbocycles. The second-order valence-corrected chi connectivity index (χ2v) is 3.95. The highest BCUT2D eigenvalue weighted by atomic mass is 19.1. The molecule has 1 aromatic rings. The fourth-order valence-electron chi connectivity index (χ4n) is 2.08. The van der Waals surface area contributed by atoms with E-state index in [1.54, 1.807) is 6.07 Å². The number of carbonyl (C=O) groups excluding carboxylic acids is 1. The number of ether oxygens (including phenoxy) is 1. The lowest BCUT2D eigenvalue weighted by atomic mass is 9.88. The van der Waals surface area contributed by atoms with Crippen LogP contribution < -0.4 is 5.32 Å². The summed E-state index contributed by atoms with van der Waals surface area (Å²) in [6.45, 7) is 1.39. The van der Waals surface area contributed by atoms with Gasteiger partial charge in [-0.05, 0) is 23.3 Å². The Bertz CT molecular complexity index is 406.